The van der Waals surface area contributed by atoms with Gasteiger partial charge in [0.15, 0.2) is 0 Å². The van der Waals surface area contributed by atoms with E-state index in [-0.39, 0.29) is 35.8 Å². The molecular weight excluding hydrogens is 425 g/mol. The number of hydrogen-bond donors (Lipinski definition) is 2. The SMILES string of the molecule is Cc1ccc(NC(=O)CNC(=O)CN(CC(C)C)C(=O)c2ccc(Cl)c(Cl)c2)cc1. The molecule has 0 saturated carbocycles. The lowest BCUT2D eigenvalue weighted by Crippen LogP contribution is -2.44. The minimum absolute atomic E-state index is 0.148. The van der Waals surface area contributed by atoms with Crippen LogP contribution in [0.4, 0.5) is 5.69 Å². The van der Waals surface area contributed by atoms with Crippen LogP contribution in [-0.4, -0.2) is 42.3 Å². The minimum Gasteiger partial charge on any atom is -0.345 e. The molecule has 0 saturated heterocycles. The van der Waals surface area contributed by atoms with Gasteiger partial charge in [-0.25, -0.2) is 0 Å². The highest BCUT2D eigenvalue weighted by Crippen LogP contribution is 2.23. The molecule has 6 nitrogen and oxygen atoms in total. The number of anilines is 1. The summed E-state index contributed by atoms with van der Waals surface area (Å²) >= 11 is 11.9. The minimum atomic E-state index is -0.428. The Morgan fingerprint density at radius 3 is 2.23 bits per heavy atom. The highest BCUT2D eigenvalue weighted by molar-refractivity contribution is 6.42. The van der Waals surface area contributed by atoms with Crippen molar-refractivity contribution in [1.29, 1.82) is 0 Å². The number of amides is 3. The number of nitrogens with one attached hydrogen (secondary N) is 2. The van der Waals surface area contributed by atoms with Crippen molar-refractivity contribution < 1.29 is 14.4 Å². The van der Waals surface area contributed by atoms with Crippen LogP contribution in [0.25, 0.3) is 0 Å². The van der Waals surface area contributed by atoms with Gasteiger partial charge < -0.3 is 15.5 Å². The van der Waals surface area contributed by atoms with Gasteiger partial charge in [-0.1, -0.05) is 54.7 Å². The maximum atomic E-state index is 12.9. The van der Waals surface area contributed by atoms with Crippen LogP contribution in [-0.2, 0) is 9.59 Å². The summed E-state index contributed by atoms with van der Waals surface area (Å²) in [5, 5.41) is 5.88. The molecule has 0 fully saturated rings. The zero-order valence-electron chi connectivity index (χ0n) is 17.2. The molecule has 2 aromatic carbocycles. The second-order valence-corrected chi connectivity index (χ2v) is 8.21. The smallest absolute Gasteiger partial charge is 0.254 e. The lowest BCUT2D eigenvalue weighted by atomic mass is 10.1. The summed E-state index contributed by atoms with van der Waals surface area (Å²) in [6, 6.07) is 11.9. The molecule has 30 heavy (non-hydrogen) atoms. The van der Waals surface area contributed by atoms with Crippen molar-refractivity contribution in [3.63, 3.8) is 0 Å². The van der Waals surface area contributed by atoms with Crippen molar-refractivity contribution in [1.82, 2.24) is 10.2 Å². The monoisotopic (exact) mass is 449 g/mol. The average Bonchev–Trinajstić information content (AvgIpc) is 2.69. The predicted octanol–water partition coefficient (Wildman–Crippen LogP) is 4.15. The highest BCUT2D eigenvalue weighted by Gasteiger charge is 2.21. The lowest BCUT2D eigenvalue weighted by Gasteiger charge is -2.24. The molecule has 0 aliphatic carbocycles. The quantitative estimate of drug-likeness (QED) is 0.634. The van der Waals surface area contributed by atoms with E-state index in [0.717, 1.165) is 5.56 Å². The van der Waals surface area contributed by atoms with Crippen LogP contribution in [0, 0.1) is 12.8 Å². The van der Waals surface area contributed by atoms with Gasteiger partial charge in [0.2, 0.25) is 11.8 Å². The van der Waals surface area contributed by atoms with Crippen LogP contribution >= 0.6 is 23.2 Å². The van der Waals surface area contributed by atoms with E-state index in [9.17, 15) is 14.4 Å². The first-order valence-electron chi connectivity index (χ1n) is 9.53. The molecule has 160 valence electrons. The molecule has 0 spiro atoms. The largest absolute Gasteiger partial charge is 0.345 e. The average molecular weight is 450 g/mol. The van der Waals surface area contributed by atoms with E-state index < -0.39 is 5.91 Å². The molecule has 0 atom stereocenters. The molecule has 0 radical (unpaired) electrons. The van der Waals surface area contributed by atoms with Crippen molar-refractivity contribution in [3.8, 4) is 0 Å². The topological polar surface area (TPSA) is 78.5 Å². The first-order valence-corrected chi connectivity index (χ1v) is 10.3. The summed E-state index contributed by atoms with van der Waals surface area (Å²) in [5.74, 6) is -0.961. The van der Waals surface area contributed by atoms with Gasteiger partial charge in [0.1, 0.15) is 0 Å². The van der Waals surface area contributed by atoms with Crippen LogP contribution in [0.3, 0.4) is 0 Å². The second kappa shape index (κ2) is 11.0. The van der Waals surface area contributed by atoms with Crippen molar-refractivity contribution >= 4 is 46.6 Å². The van der Waals surface area contributed by atoms with Crippen molar-refractivity contribution in [2.75, 3.05) is 25.0 Å². The third-order valence-electron chi connectivity index (χ3n) is 4.16. The molecule has 0 unspecified atom stereocenters. The van der Waals surface area contributed by atoms with Gasteiger partial charge in [-0.2, -0.15) is 0 Å². The maximum Gasteiger partial charge on any atom is 0.254 e. The van der Waals surface area contributed by atoms with E-state index in [1.165, 1.54) is 11.0 Å². The molecule has 8 heteroatoms. The van der Waals surface area contributed by atoms with Gasteiger partial charge in [-0.3, -0.25) is 14.4 Å². The Kier molecular flexibility index (Phi) is 8.69. The summed E-state index contributed by atoms with van der Waals surface area (Å²) < 4.78 is 0. The third-order valence-corrected chi connectivity index (χ3v) is 4.89. The Bertz CT molecular complexity index is 914. The number of carbonyl (C=O) groups is 3. The summed E-state index contributed by atoms with van der Waals surface area (Å²) in [7, 11) is 0. The predicted molar refractivity (Wildman–Crippen MR) is 120 cm³/mol. The lowest BCUT2D eigenvalue weighted by molar-refractivity contribution is -0.124. The summed E-state index contributed by atoms with van der Waals surface area (Å²) in [6.07, 6.45) is 0. The Morgan fingerprint density at radius 2 is 1.63 bits per heavy atom. The zero-order chi connectivity index (χ0) is 22.3. The molecule has 2 rings (SSSR count). The van der Waals surface area contributed by atoms with Gasteiger partial charge in [0.25, 0.3) is 5.91 Å². The Hall–Kier alpha value is -2.57. The van der Waals surface area contributed by atoms with Crippen molar-refractivity contribution in [2.45, 2.75) is 20.8 Å². The molecular formula is C22H25Cl2N3O3. The van der Waals surface area contributed by atoms with Gasteiger partial charge >= 0.3 is 0 Å². The van der Waals surface area contributed by atoms with Gasteiger partial charge in [-0.05, 0) is 43.2 Å². The van der Waals surface area contributed by atoms with E-state index in [4.69, 9.17) is 23.2 Å². The molecule has 0 heterocycles. The fourth-order valence-electron chi connectivity index (χ4n) is 2.72. The van der Waals surface area contributed by atoms with Gasteiger partial charge in [0.05, 0.1) is 23.1 Å². The number of rotatable bonds is 8. The van der Waals surface area contributed by atoms with Crippen molar-refractivity contribution in [2.24, 2.45) is 5.92 Å². The Labute approximate surface area is 186 Å². The number of benzene rings is 2. The first-order chi connectivity index (χ1) is 14.2. The first kappa shape index (κ1) is 23.7. The summed E-state index contributed by atoms with van der Waals surface area (Å²) in [4.78, 5) is 38.7. The van der Waals surface area contributed by atoms with Crippen LogP contribution in [0.1, 0.15) is 29.8 Å². The number of aryl methyl sites for hydroxylation is 1. The summed E-state index contributed by atoms with van der Waals surface area (Å²) in [6.45, 7) is 5.86. The Balaban J connectivity index is 1.95. The zero-order valence-corrected chi connectivity index (χ0v) is 18.7. The standard InChI is InChI=1S/C22H25Cl2N3O3/c1-14(2)12-27(22(30)16-6-9-18(23)19(24)10-16)13-21(29)25-11-20(28)26-17-7-4-15(3)5-8-17/h4-10,14H,11-13H2,1-3H3,(H,25,29)(H,26,28). The van der Waals surface area contributed by atoms with Crippen molar-refractivity contribution in [3.05, 3.63) is 63.6 Å². The highest BCUT2D eigenvalue weighted by atomic mass is 35.5. The second-order valence-electron chi connectivity index (χ2n) is 7.40. The van der Waals surface area contributed by atoms with E-state index >= 15 is 0 Å². The van der Waals surface area contributed by atoms with Gasteiger partial charge in [-0.15, -0.1) is 0 Å². The van der Waals surface area contributed by atoms with Crippen LogP contribution in [0.15, 0.2) is 42.5 Å². The molecule has 0 bridgehead atoms. The molecule has 0 aliphatic heterocycles. The normalized spacial score (nSPS) is 10.6. The molecule has 0 aromatic heterocycles. The van der Waals surface area contributed by atoms with E-state index in [1.54, 1.807) is 24.3 Å². The van der Waals surface area contributed by atoms with Crippen LogP contribution in [0.2, 0.25) is 10.0 Å². The number of carbonyl (C=O) groups excluding carboxylic acids is 3. The number of nitrogens with zero attached hydrogens (tertiary/aromatic N) is 1. The summed E-state index contributed by atoms with van der Waals surface area (Å²) in [5.41, 5.74) is 2.07. The maximum absolute atomic E-state index is 12.9. The fraction of sp³-hybridized carbons (Fsp3) is 0.318. The van der Waals surface area contributed by atoms with E-state index in [0.29, 0.717) is 22.8 Å². The number of hydrogen-bond acceptors (Lipinski definition) is 3. The fourth-order valence-corrected chi connectivity index (χ4v) is 3.02. The molecule has 3 amide bonds. The number of halogens is 2. The molecule has 0 aliphatic rings. The van der Waals surface area contributed by atoms with Crippen LogP contribution in [0.5, 0.6) is 0 Å². The van der Waals surface area contributed by atoms with Crippen LogP contribution < -0.4 is 10.6 Å². The van der Waals surface area contributed by atoms with E-state index in [1.807, 2.05) is 32.9 Å². The van der Waals surface area contributed by atoms with Gasteiger partial charge in [0, 0.05) is 17.8 Å². The molecule has 2 N–H and O–H groups in total. The van der Waals surface area contributed by atoms with E-state index in [2.05, 4.69) is 10.6 Å². The molecule has 2 aromatic rings. The third kappa shape index (κ3) is 7.35. The Morgan fingerprint density at radius 1 is 0.967 bits per heavy atom.